The number of hydrogen-bond donors (Lipinski definition) is 2. The molecule has 1 rings (SSSR count). The summed E-state index contributed by atoms with van der Waals surface area (Å²) in [6.07, 6.45) is -0.233. The zero-order chi connectivity index (χ0) is 11.6. The molecule has 1 aromatic rings. The summed E-state index contributed by atoms with van der Waals surface area (Å²) in [6, 6.07) is 2.56. The van der Waals surface area contributed by atoms with Crippen LogP contribution in [0.3, 0.4) is 0 Å². The molecule has 4 heteroatoms. The second-order valence-electron chi connectivity index (χ2n) is 3.59. The molecular weight excluding hydrogens is 196 g/mol. The third-order valence-corrected chi connectivity index (χ3v) is 1.93. The fourth-order valence-electron chi connectivity index (χ4n) is 1.08. The average molecular weight is 210 g/mol. The van der Waals surface area contributed by atoms with E-state index in [1.807, 2.05) is 0 Å². The molecule has 0 unspecified atom stereocenters. The topological polar surface area (TPSA) is 66.8 Å². The smallest absolute Gasteiger partial charge is 0.338 e. The molecule has 0 fully saturated rings. The molecule has 0 saturated carbocycles. The summed E-state index contributed by atoms with van der Waals surface area (Å²) in [7, 11) is 0. The Balaban J connectivity index is 3.01. The van der Waals surface area contributed by atoms with Gasteiger partial charge in [-0.2, -0.15) is 0 Å². The minimum absolute atomic E-state index is 0.120. The highest BCUT2D eigenvalue weighted by Crippen LogP contribution is 2.27. The normalized spacial score (nSPS) is 10.4. The Morgan fingerprint density at radius 2 is 1.73 bits per heavy atom. The summed E-state index contributed by atoms with van der Waals surface area (Å²) in [5.74, 6) is -0.799. The Bertz CT molecular complexity index is 359. The maximum atomic E-state index is 11.4. The van der Waals surface area contributed by atoms with E-state index in [0.29, 0.717) is 5.56 Å². The molecule has 82 valence electrons. The summed E-state index contributed by atoms with van der Waals surface area (Å²) in [5, 5.41) is 18.8. The first-order valence-electron chi connectivity index (χ1n) is 4.65. The van der Waals surface area contributed by atoms with Crippen LogP contribution in [0.5, 0.6) is 11.5 Å². The lowest BCUT2D eigenvalue weighted by Crippen LogP contribution is -2.11. The van der Waals surface area contributed by atoms with Crippen LogP contribution < -0.4 is 0 Å². The van der Waals surface area contributed by atoms with Gasteiger partial charge in [-0.05, 0) is 32.9 Å². The molecule has 0 amide bonds. The van der Waals surface area contributed by atoms with Gasteiger partial charge in [-0.3, -0.25) is 0 Å². The quantitative estimate of drug-likeness (QED) is 0.732. The predicted molar refractivity (Wildman–Crippen MR) is 55.1 cm³/mol. The summed E-state index contributed by atoms with van der Waals surface area (Å²) in [6.45, 7) is 5.01. The maximum Gasteiger partial charge on any atom is 0.338 e. The highest BCUT2D eigenvalue weighted by atomic mass is 16.5. The molecule has 2 N–H and O–H groups in total. The fraction of sp³-hybridized carbons (Fsp3) is 0.364. The van der Waals surface area contributed by atoms with Gasteiger partial charge in [0.25, 0.3) is 0 Å². The Labute approximate surface area is 88.1 Å². The molecule has 0 aliphatic rings. The lowest BCUT2D eigenvalue weighted by Gasteiger charge is -2.09. The standard InChI is InChI=1S/C11H14O4/c1-6(2)15-11(14)8-4-9(12)7(3)10(13)5-8/h4-6,12-13H,1-3H3. The lowest BCUT2D eigenvalue weighted by molar-refractivity contribution is 0.0377. The molecular formula is C11H14O4. The number of esters is 1. The van der Waals surface area contributed by atoms with E-state index >= 15 is 0 Å². The van der Waals surface area contributed by atoms with Gasteiger partial charge in [0, 0.05) is 5.56 Å². The SMILES string of the molecule is Cc1c(O)cc(C(=O)OC(C)C)cc1O. The molecule has 0 radical (unpaired) electrons. The maximum absolute atomic E-state index is 11.4. The van der Waals surface area contributed by atoms with Gasteiger partial charge < -0.3 is 14.9 Å². The second kappa shape index (κ2) is 4.21. The zero-order valence-electron chi connectivity index (χ0n) is 8.94. The Kier molecular flexibility index (Phi) is 3.19. The largest absolute Gasteiger partial charge is 0.508 e. The number of phenolic OH excluding ortho intramolecular Hbond substituents is 2. The van der Waals surface area contributed by atoms with Gasteiger partial charge in [-0.25, -0.2) is 4.79 Å². The predicted octanol–water partition coefficient (Wildman–Crippen LogP) is 1.97. The molecule has 0 spiro atoms. The zero-order valence-corrected chi connectivity index (χ0v) is 8.94. The summed E-state index contributed by atoms with van der Waals surface area (Å²) < 4.78 is 4.92. The number of carbonyl (C=O) groups excluding carboxylic acids is 1. The molecule has 0 aliphatic carbocycles. The number of benzene rings is 1. The number of phenols is 2. The van der Waals surface area contributed by atoms with Crippen LogP contribution in [-0.4, -0.2) is 22.3 Å². The van der Waals surface area contributed by atoms with Crippen molar-refractivity contribution in [1.29, 1.82) is 0 Å². The molecule has 0 aromatic heterocycles. The van der Waals surface area contributed by atoms with Crippen LogP contribution in [0.25, 0.3) is 0 Å². The molecule has 15 heavy (non-hydrogen) atoms. The van der Waals surface area contributed by atoms with Gasteiger partial charge in [0.15, 0.2) is 0 Å². The fourth-order valence-corrected chi connectivity index (χ4v) is 1.08. The van der Waals surface area contributed by atoms with E-state index in [-0.39, 0.29) is 23.2 Å². The first-order chi connectivity index (χ1) is 6.91. The van der Waals surface area contributed by atoms with Crippen molar-refractivity contribution in [2.45, 2.75) is 26.9 Å². The van der Waals surface area contributed by atoms with Crippen molar-refractivity contribution >= 4 is 5.97 Å². The van der Waals surface area contributed by atoms with Gasteiger partial charge in [-0.15, -0.1) is 0 Å². The molecule has 0 aliphatic heterocycles. The minimum Gasteiger partial charge on any atom is -0.508 e. The molecule has 0 atom stereocenters. The van der Waals surface area contributed by atoms with Crippen molar-refractivity contribution in [2.75, 3.05) is 0 Å². The van der Waals surface area contributed by atoms with Gasteiger partial charge in [0.2, 0.25) is 0 Å². The van der Waals surface area contributed by atoms with Crippen LogP contribution in [0.1, 0.15) is 29.8 Å². The van der Waals surface area contributed by atoms with E-state index in [9.17, 15) is 15.0 Å². The third kappa shape index (κ3) is 2.62. The van der Waals surface area contributed by atoms with Crippen molar-refractivity contribution in [3.63, 3.8) is 0 Å². The Morgan fingerprint density at radius 1 is 1.27 bits per heavy atom. The molecule has 1 aromatic carbocycles. The molecule has 0 heterocycles. The number of ether oxygens (including phenoxy) is 1. The average Bonchev–Trinajstić information content (AvgIpc) is 2.12. The van der Waals surface area contributed by atoms with E-state index < -0.39 is 5.97 Å². The van der Waals surface area contributed by atoms with Gasteiger partial charge in [-0.1, -0.05) is 0 Å². The van der Waals surface area contributed by atoms with Crippen molar-refractivity contribution in [1.82, 2.24) is 0 Å². The number of rotatable bonds is 2. The second-order valence-corrected chi connectivity index (χ2v) is 3.59. The first kappa shape index (κ1) is 11.4. The van der Waals surface area contributed by atoms with Crippen molar-refractivity contribution in [3.05, 3.63) is 23.3 Å². The molecule has 0 bridgehead atoms. The summed E-state index contributed by atoms with van der Waals surface area (Å²) in [5.41, 5.74) is 0.486. The van der Waals surface area contributed by atoms with Gasteiger partial charge in [0.1, 0.15) is 11.5 Å². The van der Waals surface area contributed by atoms with Crippen LogP contribution in [0.4, 0.5) is 0 Å². The van der Waals surface area contributed by atoms with Gasteiger partial charge in [0.05, 0.1) is 11.7 Å². The molecule has 0 saturated heterocycles. The molecule has 4 nitrogen and oxygen atoms in total. The van der Waals surface area contributed by atoms with Crippen LogP contribution in [0.15, 0.2) is 12.1 Å². The van der Waals surface area contributed by atoms with E-state index in [2.05, 4.69) is 0 Å². The monoisotopic (exact) mass is 210 g/mol. The number of hydrogen-bond acceptors (Lipinski definition) is 4. The van der Waals surface area contributed by atoms with Crippen LogP contribution >= 0.6 is 0 Å². The summed E-state index contributed by atoms with van der Waals surface area (Å²) >= 11 is 0. The van der Waals surface area contributed by atoms with Crippen LogP contribution in [0, 0.1) is 6.92 Å². The highest BCUT2D eigenvalue weighted by molar-refractivity contribution is 5.90. The van der Waals surface area contributed by atoms with Crippen LogP contribution in [0.2, 0.25) is 0 Å². The summed E-state index contributed by atoms with van der Waals surface area (Å²) in [4.78, 5) is 11.4. The minimum atomic E-state index is -0.560. The van der Waals surface area contributed by atoms with E-state index in [0.717, 1.165) is 0 Å². The van der Waals surface area contributed by atoms with Crippen molar-refractivity contribution in [2.24, 2.45) is 0 Å². The highest BCUT2D eigenvalue weighted by Gasteiger charge is 2.13. The van der Waals surface area contributed by atoms with E-state index in [1.54, 1.807) is 20.8 Å². The van der Waals surface area contributed by atoms with E-state index in [1.165, 1.54) is 12.1 Å². The van der Waals surface area contributed by atoms with Gasteiger partial charge >= 0.3 is 5.97 Å². The van der Waals surface area contributed by atoms with Crippen LogP contribution in [-0.2, 0) is 4.74 Å². The van der Waals surface area contributed by atoms with Crippen molar-refractivity contribution in [3.8, 4) is 11.5 Å². The number of aromatic hydroxyl groups is 2. The van der Waals surface area contributed by atoms with E-state index in [4.69, 9.17) is 4.74 Å². The lowest BCUT2D eigenvalue weighted by atomic mass is 10.1. The Hall–Kier alpha value is -1.71. The third-order valence-electron chi connectivity index (χ3n) is 1.93. The number of carbonyl (C=O) groups is 1. The van der Waals surface area contributed by atoms with Crippen molar-refractivity contribution < 1.29 is 19.7 Å². The first-order valence-corrected chi connectivity index (χ1v) is 4.65. The Morgan fingerprint density at radius 3 is 2.13 bits per heavy atom.